The lowest BCUT2D eigenvalue weighted by Gasteiger charge is -2.14. The lowest BCUT2D eigenvalue weighted by atomic mass is 10.1. The number of esters is 1. The fourth-order valence-corrected chi connectivity index (χ4v) is 5.83. The standard InChI is InChI=1S/C17H23NO5S2/c1-12-3-5-14(6-4-12)9-18-17(20)13(2)23-16(19)10-24-15-7-8-25(21,22)11-15/h3-6,13,15H,7-11H2,1-2H3,(H,18,20)/t13-,15+/m0/s1. The first-order valence-corrected chi connectivity index (χ1v) is 11.0. The highest BCUT2D eigenvalue weighted by molar-refractivity contribution is 8.02. The summed E-state index contributed by atoms with van der Waals surface area (Å²) in [5, 5.41) is 2.66. The van der Waals surface area contributed by atoms with Gasteiger partial charge in [-0.2, -0.15) is 0 Å². The summed E-state index contributed by atoms with van der Waals surface area (Å²) < 4.78 is 27.9. The van der Waals surface area contributed by atoms with Crippen LogP contribution in [0.1, 0.15) is 24.5 Å². The van der Waals surface area contributed by atoms with Crippen molar-refractivity contribution < 1.29 is 22.7 Å². The van der Waals surface area contributed by atoms with E-state index < -0.39 is 21.9 Å². The van der Waals surface area contributed by atoms with Gasteiger partial charge < -0.3 is 10.1 Å². The van der Waals surface area contributed by atoms with Gasteiger partial charge in [0, 0.05) is 11.8 Å². The third kappa shape index (κ3) is 6.70. The van der Waals surface area contributed by atoms with Crippen molar-refractivity contribution >= 4 is 33.5 Å². The smallest absolute Gasteiger partial charge is 0.316 e. The predicted molar refractivity (Wildman–Crippen MR) is 98.1 cm³/mol. The highest BCUT2D eigenvalue weighted by Crippen LogP contribution is 2.24. The minimum absolute atomic E-state index is 0.0514. The van der Waals surface area contributed by atoms with Gasteiger partial charge in [-0.1, -0.05) is 29.8 Å². The summed E-state index contributed by atoms with van der Waals surface area (Å²) in [6.45, 7) is 3.88. The molecule has 1 heterocycles. The zero-order chi connectivity index (χ0) is 18.4. The van der Waals surface area contributed by atoms with E-state index in [-0.39, 0.29) is 28.4 Å². The maximum absolute atomic E-state index is 12.0. The first kappa shape index (κ1) is 19.8. The summed E-state index contributed by atoms with van der Waals surface area (Å²) in [5.74, 6) is -0.528. The van der Waals surface area contributed by atoms with E-state index in [0.717, 1.165) is 11.1 Å². The minimum Gasteiger partial charge on any atom is -0.452 e. The predicted octanol–water partition coefficient (Wildman–Crippen LogP) is 1.46. The number of carbonyl (C=O) groups is 2. The molecule has 2 rings (SSSR count). The van der Waals surface area contributed by atoms with Crippen molar-refractivity contribution in [3.05, 3.63) is 35.4 Å². The molecule has 0 radical (unpaired) electrons. The van der Waals surface area contributed by atoms with Gasteiger partial charge in [0.25, 0.3) is 5.91 Å². The molecule has 0 bridgehead atoms. The van der Waals surface area contributed by atoms with Crippen LogP contribution in [-0.2, 0) is 30.7 Å². The van der Waals surface area contributed by atoms with Gasteiger partial charge in [-0.15, -0.1) is 11.8 Å². The molecule has 0 aromatic heterocycles. The van der Waals surface area contributed by atoms with Gasteiger partial charge in [0.2, 0.25) is 0 Å². The van der Waals surface area contributed by atoms with Crippen LogP contribution in [-0.4, -0.2) is 48.9 Å². The molecule has 2 atom stereocenters. The Morgan fingerprint density at radius 2 is 2.00 bits per heavy atom. The molecular weight excluding hydrogens is 362 g/mol. The Bertz CT molecular complexity index is 715. The van der Waals surface area contributed by atoms with E-state index in [2.05, 4.69) is 5.32 Å². The summed E-state index contributed by atoms with van der Waals surface area (Å²) in [6.07, 6.45) is -0.321. The first-order valence-electron chi connectivity index (χ1n) is 8.10. The summed E-state index contributed by atoms with van der Waals surface area (Å²) in [4.78, 5) is 23.8. The number of aryl methyl sites for hydroxylation is 1. The Morgan fingerprint density at radius 3 is 2.60 bits per heavy atom. The van der Waals surface area contributed by atoms with Gasteiger partial charge in [-0.25, -0.2) is 8.42 Å². The lowest BCUT2D eigenvalue weighted by molar-refractivity contribution is -0.152. The summed E-state index contributed by atoms with van der Waals surface area (Å²) in [7, 11) is -2.95. The first-order chi connectivity index (χ1) is 11.7. The average molecular weight is 386 g/mol. The molecule has 1 N–H and O–H groups in total. The van der Waals surface area contributed by atoms with Gasteiger partial charge in [-0.3, -0.25) is 9.59 Å². The van der Waals surface area contributed by atoms with Gasteiger partial charge in [-0.05, 0) is 25.8 Å². The van der Waals surface area contributed by atoms with Crippen molar-refractivity contribution in [1.82, 2.24) is 5.32 Å². The number of hydrogen-bond donors (Lipinski definition) is 1. The Labute approximate surface area is 152 Å². The van der Waals surface area contributed by atoms with Crippen LogP contribution in [0.3, 0.4) is 0 Å². The molecule has 1 fully saturated rings. The van der Waals surface area contributed by atoms with E-state index in [0.29, 0.717) is 13.0 Å². The number of sulfone groups is 1. The van der Waals surface area contributed by atoms with Crippen LogP contribution in [0.15, 0.2) is 24.3 Å². The van der Waals surface area contributed by atoms with Crippen molar-refractivity contribution in [1.29, 1.82) is 0 Å². The quantitative estimate of drug-likeness (QED) is 0.715. The Hall–Kier alpha value is -1.54. The number of nitrogens with one attached hydrogen (secondary N) is 1. The molecule has 0 unspecified atom stereocenters. The van der Waals surface area contributed by atoms with Gasteiger partial charge >= 0.3 is 5.97 Å². The van der Waals surface area contributed by atoms with Crippen molar-refractivity contribution in [2.24, 2.45) is 0 Å². The number of rotatable bonds is 7. The lowest BCUT2D eigenvalue weighted by Crippen LogP contribution is -2.35. The van der Waals surface area contributed by atoms with Crippen molar-refractivity contribution in [3.8, 4) is 0 Å². The molecule has 0 aliphatic carbocycles. The van der Waals surface area contributed by atoms with E-state index >= 15 is 0 Å². The molecule has 0 saturated carbocycles. The fraction of sp³-hybridized carbons (Fsp3) is 0.529. The van der Waals surface area contributed by atoms with Crippen LogP contribution in [0.4, 0.5) is 0 Å². The monoisotopic (exact) mass is 385 g/mol. The third-order valence-electron chi connectivity index (χ3n) is 3.89. The SMILES string of the molecule is Cc1ccc(CNC(=O)[C@H](C)OC(=O)CS[C@@H]2CCS(=O)(=O)C2)cc1. The summed E-state index contributed by atoms with van der Waals surface area (Å²) in [5.41, 5.74) is 2.11. The normalized spacial score (nSPS) is 20.0. The Morgan fingerprint density at radius 1 is 1.32 bits per heavy atom. The zero-order valence-electron chi connectivity index (χ0n) is 14.4. The van der Waals surface area contributed by atoms with Crippen molar-refractivity contribution in [3.63, 3.8) is 0 Å². The second-order valence-corrected chi connectivity index (χ2v) is 9.69. The molecule has 1 saturated heterocycles. The Kier molecular flexibility index (Phi) is 6.89. The average Bonchev–Trinajstić information content (AvgIpc) is 2.91. The maximum atomic E-state index is 12.0. The van der Waals surface area contributed by atoms with Crippen molar-refractivity contribution in [2.75, 3.05) is 17.3 Å². The van der Waals surface area contributed by atoms with Crippen LogP contribution in [0.25, 0.3) is 0 Å². The summed E-state index contributed by atoms with van der Waals surface area (Å²) in [6, 6.07) is 7.79. The van der Waals surface area contributed by atoms with E-state index in [1.165, 1.54) is 18.7 Å². The molecule has 0 spiro atoms. The Balaban J connectivity index is 1.69. The van der Waals surface area contributed by atoms with E-state index in [1.54, 1.807) is 0 Å². The van der Waals surface area contributed by atoms with Gasteiger partial charge in [0.15, 0.2) is 15.9 Å². The molecule has 1 aromatic rings. The second-order valence-electron chi connectivity index (χ2n) is 6.17. The number of amides is 1. The molecule has 1 aliphatic rings. The molecule has 8 heteroatoms. The number of hydrogen-bond acceptors (Lipinski definition) is 6. The molecule has 1 amide bonds. The van der Waals surface area contributed by atoms with Crippen LogP contribution in [0, 0.1) is 6.92 Å². The van der Waals surface area contributed by atoms with Crippen LogP contribution in [0.2, 0.25) is 0 Å². The molecule has 25 heavy (non-hydrogen) atoms. The topological polar surface area (TPSA) is 89.5 Å². The molecule has 1 aromatic carbocycles. The van der Waals surface area contributed by atoms with Crippen LogP contribution in [0.5, 0.6) is 0 Å². The zero-order valence-corrected chi connectivity index (χ0v) is 16.0. The van der Waals surface area contributed by atoms with Gasteiger partial charge in [0.05, 0.1) is 17.3 Å². The minimum atomic E-state index is -2.95. The molecule has 138 valence electrons. The molecule has 1 aliphatic heterocycles. The number of thioether (sulfide) groups is 1. The van der Waals surface area contributed by atoms with Crippen LogP contribution < -0.4 is 5.32 Å². The molecular formula is C17H23NO5S2. The maximum Gasteiger partial charge on any atom is 0.316 e. The largest absolute Gasteiger partial charge is 0.452 e. The van der Waals surface area contributed by atoms with Gasteiger partial charge in [0.1, 0.15) is 0 Å². The second kappa shape index (κ2) is 8.71. The van der Waals surface area contributed by atoms with Crippen LogP contribution >= 0.6 is 11.8 Å². The molecule has 6 nitrogen and oxygen atoms in total. The fourth-order valence-electron chi connectivity index (χ4n) is 2.40. The number of carbonyl (C=O) groups excluding carboxylic acids is 2. The number of ether oxygens (including phenoxy) is 1. The highest BCUT2D eigenvalue weighted by Gasteiger charge is 2.29. The van der Waals surface area contributed by atoms with E-state index in [4.69, 9.17) is 4.74 Å². The number of benzene rings is 1. The third-order valence-corrected chi connectivity index (χ3v) is 7.15. The van der Waals surface area contributed by atoms with E-state index in [1.807, 2.05) is 31.2 Å². The van der Waals surface area contributed by atoms with Crippen molar-refractivity contribution in [2.45, 2.75) is 38.2 Å². The highest BCUT2D eigenvalue weighted by atomic mass is 32.2. The summed E-state index contributed by atoms with van der Waals surface area (Å²) >= 11 is 1.27. The van der Waals surface area contributed by atoms with E-state index in [9.17, 15) is 18.0 Å².